The Morgan fingerprint density at radius 2 is 2.40 bits per heavy atom. The molecule has 2 heterocycles. The van der Waals surface area contributed by atoms with E-state index in [1.54, 1.807) is 6.20 Å². The number of aryl methyl sites for hydroxylation is 1. The molecule has 4 heteroatoms. The zero-order chi connectivity index (χ0) is 6.97. The molecule has 0 radical (unpaired) electrons. The molecule has 0 atom stereocenters. The Hall–Kier alpha value is -1.45. The summed E-state index contributed by atoms with van der Waals surface area (Å²) < 4.78 is 0. The molecule has 2 aromatic rings. The highest BCUT2D eigenvalue weighted by atomic mass is 15.1. The summed E-state index contributed by atoms with van der Waals surface area (Å²) in [6, 6.07) is 0. The van der Waals surface area contributed by atoms with Crippen molar-refractivity contribution in [3.63, 3.8) is 0 Å². The lowest BCUT2D eigenvalue weighted by Crippen LogP contribution is -1.77. The highest BCUT2D eigenvalue weighted by Crippen LogP contribution is 2.07. The average molecular weight is 134 g/mol. The molecule has 0 bridgehead atoms. The minimum Gasteiger partial charge on any atom is -0.274 e. The first-order valence-corrected chi connectivity index (χ1v) is 2.98. The number of aromatic nitrogens is 4. The van der Waals surface area contributed by atoms with E-state index in [1.807, 2.05) is 6.92 Å². The standard InChI is InChI=1S/C6H6N4/c1-4-6-5(10-9-4)2-7-3-8-6/h2-3H,1H3,(H,9,10). The molecule has 0 saturated carbocycles. The second kappa shape index (κ2) is 1.76. The van der Waals surface area contributed by atoms with Crippen molar-refractivity contribution in [3.8, 4) is 0 Å². The van der Waals surface area contributed by atoms with E-state index in [1.165, 1.54) is 6.33 Å². The maximum Gasteiger partial charge on any atom is 0.116 e. The third-order valence-electron chi connectivity index (χ3n) is 1.40. The molecule has 0 amide bonds. The summed E-state index contributed by atoms with van der Waals surface area (Å²) in [7, 11) is 0. The number of rotatable bonds is 0. The van der Waals surface area contributed by atoms with Crippen molar-refractivity contribution in [1.82, 2.24) is 20.2 Å². The van der Waals surface area contributed by atoms with Crippen molar-refractivity contribution >= 4 is 11.0 Å². The molecule has 0 fully saturated rings. The van der Waals surface area contributed by atoms with Crippen LogP contribution in [0.4, 0.5) is 0 Å². The van der Waals surface area contributed by atoms with Gasteiger partial charge in [-0.25, -0.2) is 9.97 Å². The van der Waals surface area contributed by atoms with Gasteiger partial charge in [0.1, 0.15) is 17.4 Å². The molecule has 0 spiro atoms. The predicted molar refractivity (Wildman–Crippen MR) is 36.4 cm³/mol. The Kier molecular flexibility index (Phi) is 0.943. The summed E-state index contributed by atoms with van der Waals surface area (Å²) in [4.78, 5) is 7.88. The van der Waals surface area contributed by atoms with Gasteiger partial charge in [-0.1, -0.05) is 0 Å². The van der Waals surface area contributed by atoms with Crippen LogP contribution in [0.3, 0.4) is 0 Å². The lowest BCUT2D eigenvalue weighted by Gasteiger charge is -1.83. The summed E-state index contributed by atoms with van der Waals surface area (Å²) in [6.07, 6.45) is 3.23. The monoisotopic (exact) mass is 134 g/mol. The number of hydrogen-bond donors (Lipinski definition) is 1. The number of nitrogens with zero attached hydrogens (tertiary/aromatic N) is 3. The van der Waals surface area contributed by atoms with E-state index in [4.69, 9.17) is 0 Å². The van der Waals surface area contributed by atoms with E-state index in [0.29, 0.717) is 0 Å². The Labute approximate surface area is 57.3 Å². The van der Waals surface area contributed by atoms with Crippen molar-refractivity contribution in [2.75, 3.05) is 0 Å². The molecular formula is C6H6N4. The van der Waals surface area contributed by atoms with E-state index in [-0.39, 0.29) is 0 Å². The maximum absolute atomic E-state index is 4.04. The predicted octanol–water partition coefficient (Wildman–Crippen LogP) is 0.661. The van der Waals surface area contributed by atoms with Crippen molar-refractivity contribution in [1.29, 1.82) is 0 Å². The van der Waals surface area contributed by atoms with Crippen LogP contribution in [0.1, 0.15) is 5.69 Å². The maximum atomic E-state index is 4.04. The van der Waals surface area contributed by atoms with Crippen LogP contribution in [0.2, 0.25) is 0 Å². The van der Waals surface area contributed by atoms with E-state index < -0.39 is 0 Å². The molecule has 0 aliphatic heterocycles. The summed E-state index contributed by atoms with van der Waals surface area (Å²) in [5.41, 5.74) is 2.70. The highest BCUT2D eigenvalue weighted by molar-refractivity contribution is 5.74. The molecule has 4 nitrogen and oxygen atoms in total. The smallest absolute Gasteiger partial charge is 0.116 e. The van der Waals surface area contributed by atoms with E-state index in [0.717, 1.165) is 16.7 Å². The fourth-order valence-corrected chi connectivity index (χ4v) is 0.897. The largest absolute Gasteiger partial charge is 0.274 e. The molecule has 0 aliphatic rings. The molecule has 0 aliphatic carbocycles. The van der Waals surface area contributed by atoms with Gasteiger partial charge in [0.25, 0.3) is 0 Å². The van der Waals surface area contributed by atoms with Crippen molar-refractivity contribution < 1.29 is 0 Å². The van der Waals surface area contributed by atoms with Gasteiger partial charge in [-0.15, -0.1) is 0 Å². The van der Waals surface area contributed by atoms with Crippen LogP contribution >= 0.6 is 0 Å². The zero-order valence-corrected chi connectivity index (χ0v) is 5.50. The topological polar surface area (TPSA) is 54.5 Å². The number of hydrogen-bond acceptors (Lipinski definition) is 3. The molecule has 1 N–H and O–H groups in total. The van der Waals surface area contributed by atoms with Gasteiger partial charge in [0.15, 0.2) is 0 Å². The van der Waals surface area contributed by atoms with Crippen LogP contribution < -0.4 is 0 Å². The van der Waals surface area contributed by atoms with Crippen LogP contribution in [0.25, 0.3) is 11.0 Å². The first-order valence-electron chi connectivity index (χ1n) is 2.98. The fraction of sp³-hybridized carbons (Fsp3) is 0.167. The Morgan fingerprint density at radius 1 is 1.50 bits per heavy atom. The lowest BCUT2D eigenvalue weighted by atomic mass is 10.4. The summed E-state index contributed by atoms with van der Waals surface area (Å²) in [6.45, 7) is 1.91. The fourth-order valence-electron chi connectivity index (χ4n) is 0.897. The van der Waals surface area contributed by atoms with E-state index in [2.05, 4.69) is 20.2 Å². The average Bonchev–Trinajstić information content (AvgIpc) is 2.34. The first kappa shape index (κ1) is 5.34. The second-order valence-electron chi connectivity index (χ2n) is 2.09. The third kappa shape index (κ3) is 0.586. The third-order valence-corrected chi connectivity index (χ3v) is 1.40. The summed E-state index contributed by atoms with van der Waals surface area (Å²) in [5.74, 6) is 0. The van der Waals surface area contributed by atoms with Crippen LogP contribution in [0.5, 0.6) is 0 Å². The zero-order valence-electron chi connectivity index (χ0n) is 5.50. The molecule has 0 unspecified atom stereocenters. The van der Waals surface area contributed by atoms with Gasteiger partial charge in [-0.2, -0.15) is 5.10 Å². The minimum absolute atomic E-state index is 0.889. The van der Waals surface area contributed by atoms with Crippen LogP contribution in [0.15, 0.2) is 12.5 Å². The SMILES string of the molecule is Cc1n[nH]c2cncnc12. The summed E-state index contributed by atoms with van der Waals surface area (Å²) in [5, 5.41) is 6.78. The van der Waals surface area contributed by atoms with Gasteiger partial charge in [-0.05, 0) is 6.92 Å². The molecule has 50 valence electrons. The molecule has 0 aromatic carbocycles. The van der Waals surface area contributed by atoms with Crippen molar-refractivity contribution in [2.24, 2.45) is 0 Å². The van der Waals surface area contributed by atoms with Gasteiger partial charge >= 0.3 is 0 Å². The minimum atomic E-state index is 0.889. The normalized spacial score (nSPS) is 10.5. The van der Waals surface area contributed by atoms with Gasteiger partial charge in [0.05, 0.1) is 11.9 Å². The van der Waals surface area contributed by atoms with Crippen LogP contribution in [0, 0.1) is 6.92 Å². The Morgan fingerprint density at radius 3 is 3.20 bits per heavy atom. The van der Waals surface area contributed by atoms with Gasteiger partial charge in [-0.3, -0.25) is 5.10 Å². The first-order chi connectivity index (χ1) is 4.88. The highest BCUT2D eigenvalue weighted by Gasteiger charge is 1.98. The molecule has 10 heavy (non-hydrogen) atoms. The molecule has 0 saturated heterocycles. The Balaban J connectivity index is 2.93. The van der Waals surface area contributed by atoms with E-state index in [9.17, 15) is 0 Å². The van der Waals surface area contributed by atoms with Crippen LogP contribution in [-0.4, -0.2) is 20.2 Å². The number of aromatic amines is 1. The number of H-pyrrole nitrogens is 1. The van der Waals surface area contributed by atoms with Gasteiger partial charge < -0.3 is 0 Å². The lowest BCUT2D eigenvalue weighted by molar-refractivity contribution is 1.07. The molecular weight excluding hydrogens is 128 g/mol. The second-order valence-corrected chi connectivity index (χ2v) is 2.09. The van der Waals surface area contributed by atoms with Gasteiger partial charge in [0, 0.05) is 0 Å². The molecule has 2 rings (SSSR count). The van der Waals surface area contributed by atoms with Crippen LogP contribution in [-0.2, 0) is 0 Å². The van der Waals surface area contributed by atoms with E-state index >= 15 is 0 Å². The summed E-state index contributed by atoms with van der Waals surface area (Å²) >= 11 is 0. The molecule has 2 aromatic heterocycles. The van der Waals surface area contributed by atoms with Crippen molar-refractivity contribution in [2.45, 2.75) is 6.92 Å². The Bertz CT molecular complexity index is 351. The van der Waals surface area contributed by atoms with Gasteiger partial charge in [0.2, 0.25) is 0 Å². The quantitative estimate of drug-likeness (QED) is 0.575. The number of fused-ring (bicyclic) bond motifs is 1. The van der Waals surface area contributed by atoms with Crippen molar-refractivity contribution in [3.05, 3.63) is 18.2 Å². The number of nitrogens with one attached hydrogen (secondary N) is 1.